The van der Waals surface area contributed by atoms with Gasteiger partial charge in [0.2, 0.25) is 0 Å². The summed E-state index contributed by atoms with van der Waals surface area (Å²) in [5, 5.41) is 16.8. The molecule has 0 spiro atoms. The Hall–Kier alpha value is -0.510. The predicted octanol–water partition coefficient (Wildman–Crippen LogP) is 3.95. The molecule has 1 saturated carbocycles. The van der Waals surface area contributed by atoms with Gasteiger partial charge >= 0.3 is 0 Å². The van der Waals surface area contributed by atoms with Gasteiger partial charge in [0, 0.05) is 32.6 Å². The van der Waals surface area contributed by atoms with Gasteiger partial charge in [0.25, 0.3) is 0 Å². The number of aromatic nitrogens is 3. The van der Waals surface area contributed by atoms with Crippen LogP contribution < -0.4 is 10.6 Å². The van der Waals surface area contributed by atoms with Gasteiger partial charge in [0.05, 0.1) is 0 Å². The highest BCUT2D eigenvalue weighted by Gasteiger charge is 2.19. The van der Waals surface area contributed by atoms with Crippen molar-refractivity contribution in [3.8, 4) is 0 Å². The van der Waals surface area contributed by atoms with E-state index in [1.54, 1.807) is 11.8 Å². The summed E-state index contributed by atoms with van der Waals surface area (Å²) in [6, 6.07) is 0.565. The number of thioether (sulfide) groups is 1. The normalized spacial score (nSPS) is 20.4. The molecule has 2 N–H and O–H groups in total. The van der Waals surface area contributed by atoms with Gasteiger partial charge in [-0.3, -0.25) is 4.99 Å². The molecule has 0 bridgehead atoms. The zero-order valence-corrected chi connectivity index (χ0v) is 20.6. The maximum atomic E-state index is 4.40. The second-order valence-corrected chi connectivity index (χ2v) is 8.58. The summed E-state index contributed by atoms with van der Waals surface area (Å²) in [7, 11) is 1.85. The highest BCUT2D eigenvalue weighted by molar-refractivity contribution is 14.0. The molecule has 1 fully saturated rings. The molecule has 0 atom stereocenters. The summed E-state index contributed by atoms with van der Waals surface area (Å²) >= 11 is 1.67. The van der Waals surface area contributed by atoms with Crippen LogP contribution in [-0.2, 0) is 13.0 Å². The van der Waals surface area contributed by atoms with E-state index in [1.165, 1.54) is 25.7 Å². The molecule has 6 nitrogen and oxygen atoms in total. The lowest BCUT2D eigenvalue weighted by Crippen LogP contribution is -2.45. The first kappa shape index (κ1) is 24.5. The Kier molecular flexibility index (Phi) is 11.7. The molecule has 0 radical (unpaired) electrons. The van der Waals surface area contributed by atoms with E-state index < -0.39 is 0 Å². The van der Waals surface area contributed by atoms with Crippen LogP contribution >= 0.6 is 35.7 Å². The lowest BCUT2D eigenvalue weighted by Gasteiger charge is -2.28. The lowest BCUT2D eigenvalue weighted by atomic mass is 9.87. The van der Waals surface area contributed by atoms with Crippen LogP contribution in [-0.4, -0.2) is 46.6 Å². The SMILES string of the molecule is CN=C(NCCCc1nnc(SC)n1CC(C)C)NC1CCC(C)CC1.I. The van der Waals surface area contributed by atoms with Crippen molar-refractivity contribution in [1.29, 1.82) is 0 Å². The molecule has 0 aliphatic heterocycles. The van der Waals surface area contributed by atoms with Gasteiger partial charge in [-0.1, -0.05) is 32.5 Å². The summed E-state index contributed by atoms with van der Waals surface area (Å²) in [4.78, 5) is 4.38. The van der Waals surface area contributed by atoms with Crippen molar-refractivity contribution in [1.82, 2.24) is 25.4 Å². The molecule has 1 aliphatic carbocycles. The highest BCUT2D eigenvalue weighted by Crippen LogP contribution is 2.23. The molecule has 8 heteroatoms. The van der Waals surface area contributed by atoms with Crippen LogP contribution in [0.3, 0.4) is 0 Å². The number of guanidine groups is 1. The van der Waals surface area contributed by atoms with Gasteiger partial charge < -0.3 is 15.2 Å². The first-order valence-electron chi connectivity index (χ1n) is 9.96. The van der Waals surface area contributed by atoms with E-state index in [9.17, 15) is 0 Å². The summed E-state index contributed by atoms with van der Waals surface area (Å²) < 4.78 is 2.27. The fourth-order valence-electron chi connectivity index (χ4n) is 3.45. The number of hydrogen-bond acceptors (Lipinski definition) is 4. The first-order chi connectivity index (χ1) is 12.5. The van der Waals surface area contributed by atoms with Gasteiger partial charge in [0.1, 0.15) is 5.82 Å². The molecule has 156 valence electrons. The lowest BCUT2D eigenvalue weighted by molar-refractivity contribution is 0.329. The van der Waals surface area contributed by atoms with E-state index in [4.69, 9.17) is 0 Å². The van der Waals surface area contributed by atoms with Gasteiger partial charge in [-0.15, -0.1) is 34.2 Å². The molecule has 1 aliphatic rings. The molecular weight excluding hydrogens is 471 g/mol. The molecule has 1 aromatic heterocycles. The quantitative estimate of drug-likeness (QED) is 0.183. The standard InChI is InChI=1S/C19H36N6S.HI/c1-14(2)13-25-17(23-24-19(25)26-5)7-6-12-21-18(20-4)22-16-10-8-15(3)9-11-16;/h14-16H,6-13H2,1-5H3,(H2,20,21,22);1H. The largest absolute Gasteiger partial charge is 0.356 e. The van der Waals surface area contributed by atoms with E-state index in [1.807, 2.05) is 7.05 Å². The second kappa shape index (κ2) is 12.9. The maximum absolute atomic E-state index is 4.40. The second-order valence-electron chi connectivity index (χ2n) is 7.81. The third-order valence-electron chi connectivity index (χ3n) is 4.97. The van der Waals surface area contributed by atoms with Crippen molar-refractivity contribution < 1.29 is 0 Å². The van der Waals surface area contributed by atoms with Crippen molar-refractivity contribution in [2.45, 2.75) is 77.0 Å². The summed E-state index contributed by atoms with van der Waals surface area (Å²) in [6.07, 6.45) is 9.15. The Morgan fingerprint density at radius 1 is 1.26 bits per heavy atom. The van der Waals surface area contributed by atoms with Gasteiger partial charge in [-0.25, -0.2) is 0 Å². The summed E-state index contributed by atoms with van der Waals surface area (Å²) in [5.41, 5.74) is 0. The third kappa shape index (κ3) is 8.17. The van der Waals surface area contributed by atoms with E-state index >= 15 is 0 Å². The minimum absolute atomic E-state index is 0. The number of nitrogens with one attached hydrogen (secondary N) is 2. The maximum Gasteiger partial charge on any atom is 0.191 e. The van der Waals surface area contributed by atoms with Crippen LogP contribution in [0, 0.1) is 11.8 Å². The molecule has 0 unspecified atom stereocenters. The van der Waals surface area contributed by atoms with Gasteiger partial charge in [-0.2, -0.15) is 0 Å². The smallest absolute Gasteiger partial charge is 0.191 e. The van der Waals surface area contributed by atoms with Gasteiger partial charge in [0.15, 0.2) is 11.1 Å². The Morgan fingerprint density at radius 2 is 1.96 bits per heavy atom. The zero-order valence-electron chi connectivity index (χ0n) is 17.5. The number of nitrogens with zero attached hydrogens (tertiary/aromatic N) is 4. The number of rotatable bonds is 8. The molecular formula is C19H37IN6S. The van der Waals surface area contributed by atoms with Crippen LogP contribution in [0.2, 0.25) is 0 Å². The Bertz CT molecular complexity index is 567. The van der Waals surface area contributed by atoms with Crippen molar-refractivity contribution in [3.05, 3.63) is 5.82 Å². The fraction of sp³-hybridized carbons (Fsp3) is 0.842. The highest BCUT2D eigenvalue weighted by atomic mass is 127. The predicted molar refractivity (Wildman–Crippen MR) is 126 cm³/mol. The van der Waals surface area contributed by atoms with Crippen LogP contribution in [0.25, 0.3) is 0 Å². The monoisotopic (exact) mass is 508 g/mol. The van der Waals surface area contributed by atoms with Crippen molar-refractivity contribution in [2.24, 2.45) is 16.8 Å². The topological polar surface area (TPSA) is 67.1 Å². The van der Waals surface area contributed by atoms with E-state index in [0.717, 1.165) is 48.8 Å². The third-order valence-corrected chi connectivity index (χ3v) is 5.64. The molecule has 1 aromatic rings. The number of halogens is 1. The first-order valence-corrected chi connectivity index (χ1v) is 11.2. The Labute approximate surface area is 186 Å². The van der Waals surface area contributed by atoms with E-state index in [-0.39, 0.29) is 24.0 Å². The van der Waals surface area contributed by atoms with E-state index in [2.05, 4.69) is 57.4 Å². The average molecular weight is 509 g/mol. The van der Waals surface area contributed by atoms with Crippen molar-refractivity contribution in [3.63, 3.8) is 0 Å². The minimum atomic E-state index is 0. The van der Waals surface area contributed by atoms with Gasteiger partial charge in [-0.05, 0) is 50.2 Å². The molecule has 2 rings (SSSR count). The number of aryl methyl sites for hydroxylation is 1. The minimum Gasteiger partial charge on any atom is -0.356 e. The average Bonchev–Trinajstić information content (AvgIpc) is 3.00. The molecule has 1 heterocycles. The molecule has 0 saturated heterocycles. The van der Waals surface area contributed by atoms with Crippen molar-refractivity contribution >= 4 is 41.7 Å². The Balaban J connectivity index is 0.00000364. The summed E-state index contributed by atoms with van der Waals surface area (Å²) in [6.45, 7) is 8.69. The van der Waals surface area contributed by atoms with Crippen LogP contribution in [0.5, 0.6) is 0 Å². The van der Waals surface area contributed by atoms with Crippen molar-refractivity contribution in [2.75, 3.05) is 19.8 Å². The fourth-order valence-corrected chi connectivity index (χ4v) is 3.97. The molecule has 27 heavy (non-hydrogen) atoms. The summed E-state index contributed by atoms with van der Waals surface area (Å²) in [5.74, 6) is 3.49. The number of aliphatic imine (C=N–C) groups is 1. The molecule has 0 aromatic carbocycles. The van der Waals surface area contributed by atoms with Crippen LogP contribution in [0.4, 0.5) is 0 Å². The zero-order chi connectivity index (χ0) is 18.9. The molecule has 0 amide bonds. The van der Waals surface area contributed by atoms with Crippen LogP contribution in [0.15, 0.2) is 10.1 Å². The van der Waals surface area contributed by atoms with E-state index in [0.29, 0.717) is 12.0 Å². The number of hydrogen-bond donors (Lipinski definition) is 2. The Morgan fingerprint density at radius 3 is 2.56 bits per heavy atom. The van der Waals surface area contributed by atoms with Crippen LogP contribution in [0.1, 0.15) is 58.7 Å².